The maximum absolute atomic E-state index is 13.1. The molecule has 1 unspecified atom stereocenters. The average molecular weight is 375 g/mol. The van der Waals surface area contributed by atoms with Crippen molar-refractivity contribution in [3.63, 3.8) is 0 Å². The van der Waals surface area contributed by atoms with E-state index in [0.29, 0.717) is 29.4 Å². The van der Waals surface area contributed by atoms with Crippen LogP contribution in [0.25, 0.3) is 11.3 Å². The molecular weight excluding hydrogens is 350 g/mol. The van der Waals surface area contributed by atoms with Crippen LogP contribution in [0.3, 0.4) is 0 Å². The van der Waals surface area contributed by atoms with Crippen molar-refractivity contribution in [3.8, 4) is 17.0 Å². The van der Waals surface area contributed by atoms with Crippen molar-refractivity contribution in [3.05, 3.63) is 70.9 Å². The number of hydrogen-bond donors (Lipinski definition) is 2. The van der Waals surface area contributed by atoms with Gasteiger partial charge in [0.25, 0.3) is 5.91 Å². The summed E-state index contributed by atoms with van der Waals surface area (Å²) in [6, 6.07) is 15.4. The Kier molecular flexibility index (Phi) is 4.67. The van der Waals surface area contributed by atoms with E-state index < -0.39 is 0 Å². The normalized spacial score (nSPS) is 16.1. The molecule has 28 heavy (non-hydrogen) atoms. The molecule has 0 aliphatic carbocycles. The monoisotopic (exact) mass is 375 g/mol. The summed E-state index contributed by atoms with van der Waals surface area (Å²) in [7, 11) is 0. The van der Waals surface area contributed by atoms with Gasteiger partial charge in [0.1, 0.15) is 17.1 Å². The van der Waals surface area contributed by atoms with Gasteiger partial charge in [0.2, 0.25) is 0 Å². The van der Waals surface area contributed by atoms with Gasteiger partial charge in [0, 0.05) is 17.7 Å². The van der Waals surface area contributed by atoms with Gasteiger partial charge in [-0.05, 0) is 35.6 Å². The Morgan fingerprint density at radius 2 is 1.86 bits per heavy atom. The summed E-state index contributed by atoms with van der Waals surface area (Å²) in [6.45, 7) is 7.07. The van der Waals surface area contributed by atoms with Crippen LogP contribution in [-0.4, -0.2) is 32.7 Å². The number of nitrogens with zero attached hydrogens (tertiary/aromatic N) is 2. The largest absolute Gasteiger partial charge is 0.507 e. The van der Waals surface area contributed by atoms with Gasteiger partial charge < -0.3 is 10.0 Å². The molecule has 0 bridgehead atoms. The molecule has 1 atom stereocenters. The number of para-hydroxylation sites is 1. The van der Waals surface area contributed by atoms with Crippen LogP contribution in [0.1, 0.15) is 66.3 Å². The molecular formula is C23H25N3O2. The van der Waals surface area contributed by atoms with Crippen molar-refractivity contribution in [2.75, 3.05) is 6.54 Å². The van der Waals surface area contributed by atoms with Crippen LogP contribution in [0.4, 0.5) is 0 Å². The fourth-order valence-corrected chi connectivity index (χ4v) is 3.96. The Morgan fingerprint density at radius 3 is 2.50 bits per heavy atom. The lowest BCUT2D eigenvalue weighted by molar-refractivity contribution is 0.0744. The number of phenolic OH excluding ortho intramolecular Hbond substituents is 1. The summed E-state index contributed by atoms with van der Waals surface area (Å²) in [6.07, 6.45) is 0.871. The van der Waals surface area contributed by atoms with E-state index in [4.69, 9.17) is 0 Å². The molecule has 1 aliphatic rings. The molecule has 2 heterocycles. The highest BCUT2D eigenvalue weighted by atomic mass is 16.3. The molecule has 1 amide bonds. The van der Waals surface area contributed by atoms with Crippen LogP contribution in [0.5, 0.6) is 5.75 Å². The van der Waals surface area contributed by atoms with Crippen molar-refractivity contribution >= 4 is 5.91 Å². The lowest BCUT2D eigenvalue weighted by Gasteiger charge is -2.26. The molecule has 4 rings (SSSR count). The van der Waals surface area contributed by atoms with Gasteiger partial charge in [0.15, 0.2) is 0 Å². The molecule has 0 radical (unpaired) electrons. The highest BCUT2D eigenvalue weighted by Gasteiger charge is 2.42. The second kappa shape index (κ2) is 7.15. The Bertz CT molecular complexity index is 1000. The Morgan fingerprint density at radius 1 is 1.14 bits per heavy atom. The minimum atomic E-state index is -0.211. The predicted molar refractivity (Wildman–Crippen MR) is 109 cm³/mol. The molecule has 0 saturated heterocycles. The third-order valence-corrected chi connectivity index (χ3v) is 5.41. The van der Waals surface area contributed by atoms with E-state index in [1.54, 1.807) is 12.1 Å². The number of benzene rings is 2. The first kappa shape index (κ1) is 18.3. The summed E-state index contributed by atoms with van der Waals surface area (Å²) < 4.78 is 0. The number of aromatic nitrogens is 2. The van der Waals surface area contributed by atoms with Crippen molar-refractivity contribution < 1.29 is 9.90 Å². The number of carbonyl (C=O) groups excluding carboxylic acids is 1. The van der Waals surface area contributed by atoms with Gasteiger partial charge in [0.05, 0.1) is 6.04 Å². The third kappa shape index (κ3) is 2.87. The molecule has 0 spiro atoms. The second-order valence-electron chi connectivity index (χ2n) is 7.60. The third-order valence-electron chi connectivity index (χ3n) is 5.41. The molecule has 144 valence electrons. The topological polar surface area (TPSA) is 69.2 Å². The first-order valence-electron chi connectivity index (χ1n) is 9.80. The zero-order valence-corrected chi connectivity index (χ0v) is 16.4. The molecule has 3 aromatic rings. The van der Waals surface area contributed by atoms with Gasteiger partial charge in [-0.15, -0.1) is 0 Å². The standard InChI is InChI=1S/C23H25N3O2/c1-4-13-26-22(16-11-9-15(10-12-16)14(2)3)19-20(24-25-21(19)23(26)28)17-7-5-6-8-18(17)27/h5-12,14,22,27H,4,13H2,1-3H3,(H,24,25). The van der Waals surface area contributed by atoms with Crippen LogP contribution in [-0.2, 0) is 0 Å². The van der Waals surface area contributed by atoms with Gasteiger partial charge in [-0.2, -0.15) is 5.10 Å². The summed E-state index contributed by atoms with van der Waals surface area (Å²) in [5.74, 6) is 0.573. The van der Waals surface area contributed by atoms with Gasteiger partial charge in [-0.3, -0.25) is 9.89 Å². The Balaban J connectivity index is 1.87. The van der Waals surface area contributed by atoms with Gasteiger partial charge in [-0.1, -0.05) is 57.2 Å². The van der Waals surface area contributed by atoms with Gasteiger partial charge >= 0.3 is 0 Å². The second-order valence-corrected chi connectivity index (χ2v) is 7.60. The number of H-pyrrole nitrogens is 1. The molecule has 2 N–H and O–H groups in total. The Labute approximate surface area is 165 Å². The number of aromatic hydroxyl groups is 1. The van der Waals surface area contributed by atoms with Crippen LogP contribution in [0.2, 0.25) is 0 Å². The molecule has 5 nitrogen and oxygen atoms in total. The van der Waals surface area contributed by atoms with E-state index >= 15 is 0 Å². The molecule has 5 heteroatoms. The average Bonchev–Trinajstić information content (AvgIpc) is 3.22. The number of phenols is 1. The van der Waals surface area contributed by atoms with E-state index in [1.807, 2.05) is 17.0 Å². The lowest BCUT2D eigenvalue weighted by Crippen LogP contribution is -2.30. The molecule has 2 aromatic carbocycles. The fourth-order valence-electron chi connectivity index (χ4n) is 3.96. The minimum absolute atomic E-state index is 0.0380. The van der Waals surface area contributed by atoms with Crippen LogP contribution in [0, 0.1) is 0 Å². The predicted octanol–water partition coefficient (Wildman–Crippen LogP) is 4.86. The van der Waals surface area contributed by atoms with E-state index in [-0.39, 0.29) is 17.7 Å². The van der Waals surface area contributed by atoms with Crippen LogP contribution >= 0.6 is 0 Å². The number of hydrogen-bond acceptors (Lipinski definition) is 3. The summed E-state index contributed by atoms with van der Waals surface area (Å²) in [5.41, 5.74) is 4.96. The summed E-state index contributed by atoms with van der Waals surface area (Å²) >= 11 is 0. The van der Waals surface area contributed by atoms with E-state index in [1.165, 1.54) is 5.56 Å². The van der Waals surface area contributed by atoms with Crippen molar-refractivity contribution in [1.29, 1.82) is 0 Å². The number of carbonyl (C=O) groups is 1. The van der Waals surface area contributed by atoms with Crippen molar-refractivity contribution in [1.82, 2.24) is 15.1 Å². The zero-order valence-electron chi connectivity index (χ0n) is 16.4. The maximum atomic E-state index is 13.1. The lowest BCUT2D eigenvalue weighted by atomic mass is 9.93. The van der Waals surface area contributed by atoms with Crippen LogP contribution < -0.4 is 0 Å². The van der Waals surface area contributed by atoms with Gasteiger partial charge in [-0.25, -0.2) is 0 Å². The first-order chi connectivity index (χ1) is 13.5. The number of nitrogens with one attached hydrogen (secondary N) is 1. The molecule has 1 aromatic heterocycles. The molecule has 0 fully saturated rings. The highest BCUT2D eigenvalue weighted by Crippen LogP contribution is 2.44. The number of aromatic amines is 1. The van der Waals surface area contributed by atoms with E-state index in [9.17, 15) is 9.90 Å². The number of amides is 1. The summed E-state index contributed by atoms with van der Waals surface area (Å²) in [4.78, 5) is 15.0. The quantitative estimate of drug-likeness (QED) is 0.669. The number of rotatable bonds is 5. The smallest absolute Gasteiger partial charge is 0.273 e. The van der Waals surface area contributed by atoms with Crippen molar-refractivity contribution in [2.24, 2.45) is 0 Å². The van der Waals surface area contributed by atoms with E-state index in [2.05, 4.69) is 55.2 Å². The van der Waals surface area contributed by atoms with Crippen molar-refractivity contribution in [2.45, 2.75) is 39.2 Å². The molecule has 0 saturated carbocycles. The minimum Gasteiger partial charge on any atom is -0.507 e. The van der Waals surface area contributed by atoms with E-state index in [0.717, 1.165) is 17.5 Å². The SMILES string of the molecule is CCCN1C(=O)c2[nH]nc(-c3ccccc3O)c2C1c1ccc(C(C)C)cc1. The Hall–Kier alpha value is -3.08. The summed E-state index contributed by atoms with van der Waals surface area (Å²) in [5, 5.41) is 17.7. The first-order valence-corrected chi connectivity index (χ1v) is 9.80. The number of fused-ring (bicyclic) bond motifs is 1. The highest BCUT2D eigenvalue weighted by molar-refractivity contribution is 6.00. The maximum Gasteiger partial charge on any atom is 0.273 e. The fraction of sp³-hybridized carbons (Fsp3) is 0.304. The zero-order chi connectivity index (χ0) is 19.8. The molecule has 1 aliphatic heterocycles. The van der Waals surface area contributed by atoms with Crippen LogP contribution in [0.15, 0.2) is 48.5 Å².